The SMILES string of the molecule is NCC(=O)N1CCCC1C(=O)NC(CO)C(=O)NC(CCCN=C(N)N)C(=O)O. The third kappa shape index (κ3) is 7.54. The second-order valence-electron chi connectivity index (χ2n) is 6.54. The summed E-state index contributed by atoms with van der Waals surface area (Å²) < 4.78 is 0. The number of guanidine groups is 1. The fraction of sp³-hybridized carbons (Fsp3) is 0.688. The lowest BCUT2D eigenvalue weighted by molar-refractivity contribution is -0.143. The monoisotopic (exact) mass is 415 g/mol. The van der Waals surface area contributed by atoms with Crippen molar-refractivity contribution in [3.05, 3.63) is 0 Å². The molecule has 0 aliphatic carbocycles. The predicted molar refractivity (Wildman–Crippen MR) is 102 cm³/mol. The third-order valence-electron chi connectivity index (χ3n) is 4.43. The number of amides is 3. The molecule has 0 aromatic carbocycles. The number of nitrogens with one attached hydrogen (secondary N) is 2. The van der Waals surface area contributed by atoms with Crippen LogP contribution < -0.4 is 27.8 Å². The van der Waals surface area contributed by atoms with Crippen LogP contribution >= 0.6 is 0 Å². The minimum Gasteiger partial charge on any atom is -0.480 e. The summed E-state index contributed by atoms with van der Waals surface area (Å²) in [5, 5.41) is 23.4. The zero-order chi connectivity index (χ0) is 22.0. The van der Waals surface area contributed by atoms with Crippen LogP contribution in [-0.2, 0) is 19.2 Å². The van der Waals surface area contributed by atoms with E-state index in [9.17, 15) is 29.4 Å². The van der Waals surface area contributed by atoms with E-state index in [1.165, 1.54) is 4.90 Å². The Balaban J connectivity index is 2.66. The van der Waals surface area contributed by atoms with Gasteiger partial charge in [0.05, 0.1) is 13.2 Å². The summed E-state index contributed by atoms with van der Waals surface area (Å²) >= 11 is 0. The average Bonchev–Trinajstić information content (AvgIpc) is 3.16. The first-order chi connectivity index (χ1) is 13.7. The first-order valence-corrected chi connectivity index (χ1v) is 9.20. The number of aliphatic imine (C=N–C) groups is 1. The molecule has 1 aliphatic heterocycles. The van der Waals surface area contributed by atoms with Crippen LogP contribution in [0.2, 0.25) is 0 Å². The summed E-state index contributed by atoms with van der Waals surface area (Å²) in [6, 6.07) is -3.40. The molecule has 0 aromatic heterocycles. The van der Waals surface area contributed by atoms with Gasteiger partial charge in [0.15, 0.2) is 5.96 Å². The van der Waals surface area contributed by atoms with Crippen molar-refractivity contribution in [2.45, 2.75) is 43.8 Å². The summed E-state index contributed by atoms with van der Waals surface area (Å²) in [4.78, 5) is 53.0. The molecule has 3 unspecified atom stereocenters. The van der Waals surface area contributed by atoms with Crippen LogP contribution in [0.15, 0.2) is 4.99 Å². The molecule has 29 heavy (non-hydrogen) atoms. The number of carbonyl (C=O) groups excluding carboxylic acids is 3. The Morgan fingerprint density at radius 2 is 1.86 bits per heavy atom. The zero-order valence-electron chi connectivity index (χ0n) is 16.0. The molecule has 164 valence electrons. The molecule has 10 N–H and O–H groups in total. The molecule has 0 aromatic rings. The van der Waals surface area contributed by atoms with Crippen molar-refractivity contribution in [3.8, 4) is 0 Å². The van der Waals surface area contributed by atoms with E-state index >= 15 is 0 Å². The number of carboxylic acid groups (broad SMARTS) is 1. The Morgan fingerprint density at radius 1 is 1.17 bits per heavy atom. The molecule has 13 nitrogen and oxygen atoms in total. The second kappa shape index (κ2) is 11.8. The molecule has 1 saturated heterocycles. The van der Waals surface area contributed by atoms with E-state index < -0.39 is 42.5 Å². The second-order valence-corrected chi connectivity index (χ2v) is 6.54. The molecule has 1 aliphatic rings. The molecule has 0 saturated carbocycles. The van der Waals surface area contributed by atoms with E-state index in [-0.39, 0.29) is 31.4 Å². The number of nitrogens with zero attached hydrogens (tertiary/aromatic N) is 2. The first-order valence-electron chi connectivity index (χ1n) is 9.20. The topological polar surface area (TPSA) is 226 Å². The lowest BCUT2D eigenvalue weighted by Gasteiger charge is -2.26. The molecular weight excluding hydrogens is 386 g/mol. The van der Waals surface area contributed by atoms with Crippen molar-refractivity contribution >= 4 is 29.7 Å². The van der Waals surface area contributed by atoms with Crippen LogP contribution in [0.5, 0.6) is 0 Å². The van der Waals surface area contributed by atoms with E-state index in [0.717, 1.165) is 0 Å². The van der Waals surface area contributed by atoms with Crippen molar-refractivity contribution < 1.29 is 29.4 Å². The molecule has 1 fully saturated rings. The molecule has 1 heterocycles. The van der Waals surface area contributed by atoms with Gasteiger partial charge in [0.2, 0.25) is 17.7 Å². The molecule has 0 bridgehead atoms. The molecule has 3 atom stereocenters. The van der Waals surface area contributed by atoms with Crippen LogP contribution in [0.4, 0.5) is 0 Å². The predicted octanol–water partition coefficient (Wildman–Crippen LogP) is -3.96. The van der Waals surface area contributed by atoms with Gasteiger partial charge < -0.3 is 42.9 Å². The zero-order valence-corrected chi connectivity index (χ0v) is 16.0. The quantitative estimate of drug-likeness (QED) is 0.0990. The van der Waals surface area contributed by atoms with Crippen LogP contribution in [-0.4, -0.2) is 89.1 Å². The molecule has 3 amide bonds. The van der Waals surface area contributed by atoms with Gasteiger partial charge in [0, 0.05) is 13.1 Å². The fourth-order valence-corrected chi connectivity index (χ4v) is 2.95. The van der Waals surface area contributed by atoms with Gasteiger partial charge in [0.1, 0.15) is 18.1 Å². The lowest BCUT2D eigenvalue weighted by Crippen LogP contribution is -2.56. The Bertz CT molecular complexity index is 637. The summed E-state index contributed by atoms with van der Waals surface area (Å²) in [5.41, 5.74) is 15.7. The molecule has 0 spiro atoms. The molecule has 13 heteroatoms. The van der Waals surface area contributed by atoms with Crippen LogP contribution in [0, 0.1) is 0 Å². The number of hydrogen-bond acceptors (Lipinski definition) is 7. The molecule has 0 radical (unpaired) electrons. The van der Waals surface area contributed by atoms with Gasteiger partial charge in [-0.2, -0.15) is 0 Å². The number of aliphatic hydroxyl groups is 1. The third-order valence-corrected chi connectivity index (χ3v) is 4.43. The summed E-state index contributed by atoms with van der Waals surface area (Å²) in [5.74, 6) is -3.26. The smallest absolute Gasteiger partial charge is 0.326 e. The highest BCUT2D eigenvalue weighted by atomic mass is 16.4. The Hall–Kier alpha value is -2.93. The number of aliphatic hydroxyl groups excluding tert-OH is 1. The molecule has 1 rings (SSSR count). The van der Waals surface area contributed by atoms with Crippen LogP contribution in [0.3, 0.4) is 0 Å². The van der Waals surface area contributed by atoms with Crippen molar-refractivity contribution in [1.82, 2.24) is 15.5 Å². The number of carbonyl (C=O) groups is 4. The van der Waals surface area contributed by atoms with Gasteiger partial charge in [-0.3, -0.25) is 19.4 Å². The number of nitrogens with two attached hydrogens (primary N) is 3. The lowest BCUT2D eigenvalue weighted by atomic mass is 10.1. The number of likely N-dealkylation sites (tertiary alicyclic amines) is 1. The highest BCUT2D eigenvalue weighted by Gasteiger charge is 2.35. The number of carboxylic acids is 1. The number of rotatable bonds is 11. The Kier molecular flexibility index (Phi) is 9.82. The summed E-state index contributed by atoms with van der Waals surface area (Å²) in [6.07, 6.45) is 1.35. The van der Waals surface area contributed by atoms with Gasteiger partial charge in [0.25, 0.3) is 0 Å². The highest BCUT2D eigenvalue weighted by molar-refractivity contribution is 5.93. The van der Waals surface area contributed by atoms with E-state index in [0.29, 0.717) is 25.8 Å². The van der Waals surface area contributed by atoms with Crippen molar-refractivity contribution in [1.29, 1.82) is 0 Å². The van der Waals surface area contributed by atoms with Crippen molar-refractivity contribution in [2.24, 2.45) is 22.2 Å². The number of aliphatic carboxylic acids is 1. The minimum atomic E-state index is -1.36. The fourth-order valence-electron chi connectivity index (χ4n) is 2.95. The van der Waals surface area contributed by atoms with Gasteiger partial charge in [-0.05, 0) is 25.7 Å². The maximum atomic E-state index is 12.5. The maximum absolute atomic E-state index is 12.5. The van der Waals surface area contributed by atoms with E-state index in [4.69, 9.17) is 17.2 Å². The van der Waals surface area contributed by atoms with Gasteiger partial charge in [-0.15, -0.1) is 0 Å². The Labute approximate surface area is 167 Å². The number of hydrogen-bond donors (Lipinski definition) is 7. The highest BCUT2D eigenvalue weighted by Crippen LogP contribution is 2.17. The first kappa shape index (κ1) is 24.1. The normalized spacial score (nSPS) is 17.9. The van der Waals surface area contributed by atoms with E-state index in [2.05, 4.69) is 15.6 Å². The summed E-state index contributed by atoms with van der Waals surface area (Å²) in [6.45, 7) is -0.418. The van der Waals surface area contributed by atoms with Gasteiger partial charge in [-0.1, -0.05) is 0 Å². The van der Waals surface area contributed by atoms with Gasteiger partial charge >= 0.3 is 5.97 Å². The maximum Gasteiger partial charge on any atom is 0.326 e. The van der Waals surface area contributed by atoms with E-state index in [1.54, 1.807) is 0 Å². The largest absolute Gasteiger partial charge is 0.480 e. The van der Waals surface area contributed by atoms with Crippen LogP contribution in [0.25, 0.3) is 0 Å². The average molecular weight is 415 g/mol. The summed E-state index contributed by atoms with van der Waals surface area (Å²) in [7, 11) is 0. The minimum absolute atomic E-state index is 0.0470. The van der Waals surface area contributed by atoms with Crippen molar-refractivity contribution in [2.75, 3.05) is 26.2 Å². The van der Waals surface area contributed by atoms with E-state index in [1.807, 2.05) is 0 Å². The van der Waals surface area contributed by atoms with Gasteiger partial charge in [-0.25, -0.2) is 4.79 Å². The standard InChI is InChI=1S/C16H29N7O6/c17-7-12(25)23-6-2-4-11(23)14(27)22-10(8-24)13(26)21-9(15(28)29)3-1-5-20-16(18)19/h9-11,24H,1-8,17H2,(H,21,26)(H,22,27)(H,28,29)(H4,18,19,20). The van der Waals surface area contributed by atoms with Crippen LogP contribution in [0.1, 0.15) is 25.7 Å². The molecular formula is C16H29N7O6. The van der Waals surface area contributed by atoms with Crippen molar-refractivity contribution in [3.63, 3.8) is 0 Å². The Morgan fingerprint density at radius 3 is 2.41 bits per heavy atom.